The van der Waals surface area contributed by atoms with Crippen molar-refractivity contribution in [3.8, 4) is 0 Å². The number of hydrogen-bond acceptors (Lipinski definition) is 4. The minimum Gasteiger partial charge on any atom is -0.468 e. The van der Waals surface area contributed by atoms with E-state index in [1.54, 1.807) is 18.4 Å². The highest BCUT2D eigenvalue weighted by Gasteiger charge is 2.16. The van der Waals surface area contributed by atoms with Gasteiger partial charge in [-0.3, -0.25) is 10.1 Å². The maximum Gasteiger partial charge on any atom is 0.305 e. The van der Waals surface area contributed by atoms with E-state index in [9.17, 15) is 14.5 Å². The second-order valence-electron chi connectivity index (χ2n) is 3.69. The van der Waals surface area contributed by atoms with Gasteiger partial charge in [0.15, 0.2) is 0 Å². The lowest BCUT2D eigenvalue weighted by Crippen LogP contribution is -2.13. The van der Waals surface area contributed by atoms with Crippen LogP contribution in [-0.2, 0) is 13.1 Å². The Hall–Kier alpha value is -2.21. The zero-order valence-corrected chi connectivity index (χ0v) is 9.43. The molecule has 2 aromatic rings. The Morgan fingerprint density at radius 2 is 2.11 bits per heavy atom. The van der Waals surface area contributed by atoms with Crippen molar-refractivity contribution in [3.05, 3.63) is 63.9 Å². The molecule has 94 valence electrons. The van der Waals surface area contributed by atoms with Gasteiger partial charge in [0.25, 0.3) is 0 Å². The lowest BCUT2D eigenvalue weighted by Gasteiger charge is -2.04. The van der Waals surface area contributed by atoms with Crippen molar-refractivity contribution in [2.45, 2.75) is 13.1 Å². The topological polar surface area (TPSA) is 68.3 Å². The monoisotopic (exact) mass is 250 g/mol. The van der Waals surface area contributed by atoms with Crippen LogP contribution in [0.5, 0.6) is 0 Å². The fraction of sp³-hybridized carbons (Fsp3) is 0.167. The van der Waals surface area contributed by atoms with E-state index in [0.29, 0.717) is 6.54 Å². The van der Waals surface area contributed by atoms with Crippen LogP contribution in [0.4, 0.5) is 10.1 Å². The van der Waals surface area contributed by atoms with Gasteiger partial charge in [0.05, 0.1) is 17.7 Å². The molecule has 1 N–H and O–H groups in total. The number of nitrogens with one attached hydrogen (secondary N) is 1. The van der Waals surface area contributed by atoms with E-state index in [4.69, 9.17) is 4.42 Å². The molecule has 0 saturated carbocycles. The average molecular weight is 250 g/mol. The Balaban J connectivity index is 2.01. The Bertz CT molecular complexity index is 540. The largest absolute Gasteiger partial charge is 0.468 e. The van der Waals surface area contributed by atoms with Crippen LogP contribution in [0.2, 0.25) is 0 Å². The molecule has 5 nitrogen and oxygen atoms in total. The summed E-state index contributed by atoms with van der Waals surface area (Å²) in [6.07, 6.45) is 1.55. The third-order valence-electron chi connectivity index (χ3n) is 2.45. The molecule has 0 aliphatic rings. The maximum atomic E-state index is 13.7. The van der Waals surface area contributed by atoms with Crippen molar-refractivity contribution in [2.24, 2.45) is 0 Å². The molecular formula is C12H11FN2O3. The average Bonchev–Trinajstić information content (AvgIpc) is 2.84. The first kappa shape index (κ1) is 12.3. The summed E-state index contributed by atoms with van der Waals surface area (Å²) < 4.78 is 18.8. The molecule has 0 amide bonds. The van der Waals surface area contributed by atoms with E-state index in [-0.39, 0.29) is 12.1 Å². The molecule has 6 heteroatoms. The van der Waals surface area contributed by atoms with Gasteiger partial charge in [0, 0.05) is 18.2 Å². The first-order valence-corrected chi connectivity index (χ1v) is 5.33. The maximum absolute atomic E-state index is 13.7. The normalized spacial score (nSPS) is 10.5. The van der Waals surface area contributed by atoms with E-state index >= 15 is 0 Å². The van der Waals surface area contributed by atoms with Gasteiger partial charge >= 0.3 is 5.69 Å². The van der Waals surface area contributed by atoms with Gasteiger partial charge in [-0.1, -0.05) is 12.1 Å². The summed E-state index contributed by atoms with van der Waals surface area (Å²) in [5, 5.41) is 13.5. The van der Waals surface area contributed by atoms with Gasteiger partial charge in [-0.2, -0.15) is 4.39 Å². The molecule has 0 aliphatic carbocycles. The molecule has 0 radical (unpaired) electrons. The molecule has 0 atom stereocenters. The Kier molecular flexibility index (Phi) is 3.69. The Morgan fingerprint density at radius 3 is 2.78 bits per heavy atom. The summed E-state index contributed by atoms with van der Waals surface area (Å²) in [6, 6.07) is 7.66. The second-order valence-corrected chi connectivity index (χ2v) is 3.69. The summed E-state index contributed by atoms with van der Waals surface area (Å²) in [5.74, 6) is -0.0738. The summed E-state index contributed by atoms with van der Waals surface area (Å²) in [4.78, 5) is 9.83. The first-order chi connectivity index (χ1) is 8.68. The summed E-state index contributed by atoms with van der Waals surface area (Å²) in [6.45, 7) is 0.642. The van der Waals surface area contributed by atoms with Gasteiger partial charge in [-0.15, -0.1) is 0 Å². The second kappa shape index (κ2) is 5.42. The standard InChI is InChI=1S/C12H11FN2O3/c13-12-9(3-1-5-11(12)15(16)17)7-14-8-10-4-2-6-18-10/h1-6,14H,7-8H2. The number of furan rings is 1. The van der Waals surface area contributed by atoms with E-state index < -0.39 is 16.4 Å². The number of hydrogen-bond donors (Lipinski definition) is 1. The van der Waals surface area contributed by atoms with Crippen molar-refractivity contribution < 1.29 is 13.7 Å². The zero-order chi connectivity index (χ0) is 13.0. The van der Waals surface area contributed by atoms with Crippen LogP contribution in [0.3, 0.4) is 0 Å². The third-order valence-corrected chi connectivity index (χ3v) is 2.45. The number of rotatable bonds is 5. The van der Waals surface area contributed by atoms with Crippen LogP contribution in [0, 0.1) is 15.9 Å². The molecule has 0 spiro atoms. The molecule has 0 aliphatic heterocycles. The summed E-state index contributed by atoms with van der Waals surface area (Å²) in [7, 11) is 0. The van der Waals surface area contributed by atoms with Crippen LogP contribution in [0.1, 0.15) is 11.3 Å². The predicted octanol–water partition coefficient (Wildman–Crippen LogP) is 2.62. The van der Waals surface area contributed by atoms with E-state index in [2.05, 4.69) is 5.32 Å². The van der Waals surface area contributed by atoms with Gasteiger partial charge in [-0.25, -0.2) is 0 Å². The van der Waals surface area contributed by atoms with Gasteiger partial charge < -0.3 is 9.73 Å². The van der Waals surface area contributed by atoms with E-state index in [0.717, 1.165) is 11.8 Å². The minimum absolute atomic E-state index is 0.203. The third kappa shape index (κ3) is 2.72. The Labute approximate surface area is 102 Å². The van der Waals surface area contributed by atoms with Crippen LogP contribution < -0.4 is 5.32 Å². The highest BCUT2D eigenvalue weighted by molar-refractivity contribution is 5.36. The number of halogens is 1. The highest BCUT2D eigenvalue weighted by atomic mass is 19.1. The molecule has 18 heavy (non-hydrogen) atoms. The minimum atomic E-state index is -0.797. The zero-order valence-electron chi connectivity index (χ0n) is 9.43. The smallest absolute Gasteiger partial charge is 0.305 e. The number of nitro groups is 1. The van der Waals surface area contributed by atoms with Gasteiger partial charge in [0.2, 0.25) is 5.82 Å². The van der Waals surface area contributed by atoms with Crippen molar-refractivity contribution in [3.63, 3.8) is 0 Å². The summed E-state index contributed by atoms with van der Waals surface area (Å²) in [5.41, 5.74) is -0.247. The van der Waals surface area contributed by atoms with E-state index in [1.165, 1.54) is 12.1 Å². The van der Waals surface area contributed by atoms with Gasteiger partial charge in [-0.05, 0) is 12.1 Å². The molecule has 1 aromatic carbocycles. The molecule has 1 aromatic heterocycles. The first-order valence-electron chi connectivity index (χ1n) is 5.33. The fourth-order valence-corrected chi connectivity index (χ4v) is 1.58. The van der Waals surface area contributed by atoms with Crippen LogP contribution in [0.25, 0.3) is 0 Å². The predicted molar refractivity (Wildman–Crippen MR) is 62.3 cm³/mol. The fourth-order valence-electron chi connectivity index (χ4n) is 1.58. The summed E-state index contributed by atoms with van der Waals surface area (Å²) >= 11 is 0. The van der Waals surface area contributed by atoms with Crippen molar-refractivity contribution in [2.75, 3.05) is 0 Å². The van der Waals surface area contributed by atoms with Crippen molar-refractivity contribution in [1.29, 1.82) is 0 Å². The van der Waals surface area contributed by atoms with Crippen LogP contribution in [-0.4, -0.2) is 4.92 Å². The number of nitrogens with zero attached hydrogens (tertiary/aromatic N) is 1. The molecule has 1 heterocycles. The van der Waals surface area contributed by atoms with Crippen molar-refractivity contribution in [1.82, 2.24) is 5.32 Å². The highest BCUT2D eigenvalue weighted by Crippen LogP contribution is 2.19. The van der Waals surface area contributed by atoms with Crippen LogP contribution >= 0.6 is 0 Å². The van der Waals surface area contributed by atoms with E-state index in [1.807, 2.05) is 0 Å². The van der Waals surface area contributed by atoms with Crippen molar-refractivity contribution >= 4 is 5.69 Å². The molecule has 0 bridgehead atoms. The number of nitro benzene ring substituents is 1. The SMILES string of the molecule is O=[N+]([O-])c1cccc(CNCc2ccco2)c1F. The molecular weight excluding hydrogens is 239 g/mol. The molecule has 0 unspecified atom stereocenters. The number of benzene rings is 1. The van der Waals surface area contributed by atoms with Gasteiger partial charge in [0.1, 0.15) is 5.76 Å². The molecule has 0 fully saturated rings. The van der Waals surface area contributed by atoms with Crippen LogP contribution in [0.15, 0.2) is 41.0 Å². The lowest BCUT2D eigenvalue weighted by molar-refractivity contribution is -0.387. The molecule has 0 saturated heterocycles. The Morgan fingerprint density at radius 1 is 1.28 bits per heavy atom. The molecule has 2 rings (SSSR count). The quantitative estimate of drug-likeness (QED) is 0.654. The lowest BCUT2D eigenvalue weighted by atomic mass is 10.2.